The van der Waals surface area contributed by atoms with E-state index in [1.165, 1.54) is 36.4 Å². The third kappa shape index (κ3) is 4.65. The molecule has 3 aromatic rings. The Labute approximate surface area is 202 Å². The molecular formula is C25H21ClN4O4. The van der Waals surface area contributed by atoms with E-state index in [1.54, 1.807) is 13.1 Å². The molecule has 1 amide bonds. The summed E-state index contributed by atoms with van der Waals surface area (Å²) in [5.74, 6) is 0.193. The number of nitriles is 2. The lowest BCUT2D eigenvalue weighted by Crippen LogP contribution is -2.28. The van der Waals surface area contributed by atoms with Gasteiger partial charge in [0.15, 0.2) is 0 Å². The summed E-state index contributed by atoms with van der Waals surface area (Å²) in [6.07, 6.45) is 1.34. The summed E-state index contributed by atoms with van der Waals surface area (Å²) in [5, 5.41) is 28.4. The molecule has 0 radical (unpaired) electrons. The van der Waals surface area contributed by atoms with Gasteiger partial charge < -0.3 is 19.5 Å². The minimum absolute atomic E-state index is 0.0628. The zero-order chi connectivity index (χ0) is 24.8. The lowest BCUT2D eigenvalue weighted by Gasteiger charge is -2.24. The second-order valence-electron chi connectivity index (χ2n) is 7.20. The molecule has 0 spiro atoms. The highest BCUT2D eigenvalue weighted by Crippen LogP contribution is 2.42. The van der Waals surface area contributed by atoms with Gasteiger partial charge in [-0.3, -0.25) is 4.79 Å². The summed E-state index contributed by atoms with van der Waals surface area (Å²) < 4.78 is 11.2. The SMILES string of the molecule is COc1cccc(C)c1N(C)C(=O)c1ccc(Cl)c(-c2cnc(C#N)cc2C#N)c1OCCO. The maximum absolute atomic E-state index is 13.7. The molecule has 8 nitrogen and oxygen atoms in total. The zero-order valence-electron chi connectivity index (χ0n) is 18.8. The molecule has 0 aliphatic carbocycles. The number of hydrogen-bond acceptors (Lipinski definition) is 7. The van der Waals surface area contributed by atoms with E-state index in [0.717, 1.165) is 5.56 Å². The highest BCUT2D eigenvalue weighted by molar-refractivity contribution is 6.34. The number of aromatic nitrogens is 1. The molecule has 1 heterocycles. The molecule has 172 valence electrons. The maximum atomic E-state index is 13.7. The summed E-state index contributed by atoms with van der Waals surface area (Å²) in [6, 6.07) is 13.7. The highest BCUT2D eigenvalue weighted by Gasteiger charge is 2.27. The number of aryl methyl sites for hydroxylation is 1. The Morgan fingerprint density at radius 2 is 2.00 bits per heavy atom. The third-order valence-electron chi connectivity index (χ3n) is 5.14. The van der Waals surface area contributed by atoms with Gasteiger partial charge in [0.2, 0.25) is 0 Å². The second-order valence-corrected chi connectivity index (χ2v) is 7.61. The second kappa shape index (κ2) is 10.7. The van der Waals surface area contributed by atoms with E-state index in [-0.39, 0.29) is 46.4 Å². The third-order valence-corrected chi connectivity index (χ3v) is 5.46. The fourth-order valence-electron chi connectivity index (χ4n) is 3.59. The normalized spacial score (nSPS) is 10.2. The van der Waals surface area contributed by atoms with Crippen molar-refractivity contribution in [2.45, 2.75) is 6.92 Å². The van der Waals surface area contributed by atoms with Gasteiger partial charge in [-0.25, -0.2) is 4.98 Å². The molecule has 0 atom stereocenters. The van der Waals surface area contributed by atoms with Crippen molar-refractivity contribution in [1.29, 1.82) is 10.5 Å². The van der Waals surface area contributed by atoms with E-state index in [0.29, 0.717) is 17.0 Å². The van der Waals surface area contributed by atoms with Crippen LogP contribution in [0.25, 0.3) is 11.1 Å². The van der Waals surface area contributed by atoms with E-state index in [2.05, 4.69) is 4.98 Å². The number of aliphatic hydroxyl groups excluding tert-OH is 1. The summed E-state index contributed by atoms with van der Waals surface area (Å²) in [5.41, 5.74) is 2.33. The van der Waals surface area contributed by atoms with Gasteiger partial charge in [-0.1, -0.05) is 23.7 Å². The molecule has 0 bridgehead atoms. The molecule has 0 unspecified atom stereocenters. The molecule has 34 heavy (non-hydrogen) atoms. The molecule has 0 saturated heterocycles. The van der Waals surface area contributed by atoms with Crippen molar-refractivity contribution in [3.63, 3.8) is 0 Å². The van der Waals surface area contributed by atoms with Crippen molar-refractivity contribution < 1.29 is 19.4 Å². The summed E-state index contributed by atoms with van der Waals surface area (Å²) in [6.45, 7) is 1.44. The number of methoxy groups -OCH3 is 1. The number of carbonyl (C=O) groups is 1. The molecule has 1 aromatic heterocycles. The van der Waals surface area contributed by atoms with Gasteiger partial charge in [-0.15, -0.1) is 0 Å². The van der Waals surface area contributed by atoms with Crippen molar-refractivity contribution in [2.24, 2.45) is 0 Å². The first kappa shape index (κ1) is 24.5. The van der Waals surface area contributed by atoms with Crippen molar-refractivity contribution in [1.82, 2.24) is 4.98 Å². The summed E-state index contributed by atoms with van der Waals surface area (Å²) in [7, 11) is 3.13. The number of para-hydroxylation sites is 1. The van der Waals surface area contributed by atoms with E-state index in [9.17, 15) is 15.2 Å². The number of nitrogens with zero attached hydrogens (tertiary/aromatic N) is 4. The van der Waals surface area contributed by atoms with Gasteiger partial charge >= 0.3 is 0 Å². The number of benzene rings is 2. The fourth-order valence-corrected chi connectivity index (χ4v) is 3.84. The van der Waals surface area contributed by atoms with Crippen LogP contribution in [0.2, 0.25) is 5.02 Å². The van der Waals surface area contributed by atoms with Crippen LogP contribution in [0.15, 0.2) is 42.6 Å². The minimum Gasteiger partial charge on any atom is -0.495 e. The van der Waals surface area contributed by atoms with Crippen molar-refractivity contribution in [2.75, 3.05) is 32.3 Å². The molecule has 0 fully saturated rings. The average Bonchev–Trinajstić information content (AvgIpc) is 2.86. The zero-order valence-corrected chi connectivity index (χ0v) is 19.6. The number of amides is 1. The van der Waals surface area contributed by atoms with Crippen LogP contribution in [0.3, 0.4) is 0 Å². The Bertz CT molecular complexity index is 1330. The van der Waals surface area contributed by atoms with Crippen LogP contribution in [0.1, 0.15) is 27.2 Å². The monoisotopic (exact) mass is 476 g/mol. The molecule has 9 heteroatoms. The first-order valence-electron chi connectivity index (χ1n) is 10.2. The van der Waals surface area contributed by atoms with Crippen LogP contribution in [0.5, 0.6) is 11.5 Å². The van der Waals surface area contributed by atoms with Crippen molar-refractivity contribution in [3.8, 4) is 34.8 Å². The van der Waals surface area contributed by atoms with E-state index >= 15 is 0 Å². The summed E-state index contributed by atoms with van der Waals surface area (Å²) in [4.78, 5) is 19.1. The smallest absolute Gasteiger partial charge is 0.261 e. The molecular weight excluding hydrogens is 456 g/mol. The number of halogens is 1. The van der Waals surface area contributed by atoms with E-state index in [4.69, 9.17) is 26.3 Å². The number of ether oxygens (including phenoxy) is 2. The molecule has 0 aliphatic heterocycles. The minimum atomic E-state index is -0.418. The predicted molar refractivity (Wildman–Crippen MR) is 127 cm³/mol. The largest absolute Gasteiger partial charge is 0.495 e. The molecule has 3 rings (SSSR count). The fraction of sp³-hybridized carbons (Fsp3) is 0.200. The van der Waals surface area contributed by atoms with Crippen LogP contribution in [-0.2, 0) is 0 Å². The topological polar surface area (TPSA) is 119 Å². The number of carbonyl (C=O) groups excluding carboxylic acids is 1. The van der Waals surface area contributed by atoms with Crippen molar-refractivity contribution in [3.05, 3.63) is 70.0 Å². The quantitative estimate of drug-likeness (QED) is 0.544. The van der Waals surface area contributed by atoms with Crippen molar-refractivity contribution >= 4 is 23.2 Å². The average molecular weight is 477 g/mol. The Balaban J connectivity index is 2.24. The van der Waals surface area contributed by atoms with Crippen LogP contribution in [-0.4, -0.2) is 43.4 Å². The van der Waals surface area contributed by atoms with Gasteiger partial charge in [0.05, 0.1) is 41.6 Å². The van der Waals surface area contributed by atoms with Gasteiger partial charge in [-0.2, -0.15) is 10.5 Å². The standard InChI is InChI=1S/C25H21ClN4O4/c1-15-5-4-6-21(33-3)23(15)30(2)25(32)18-7-8-20(26)22(24(18)34-10-9-31)19-14-29-17(13-28)11-16(19)12-27/h4-8,11,14,31H,9-10H2,1-3H3. The lowest BCUT2D eigenvalue weighted by atomic mass is 9.97. The van der Waals surface area contributed by atoms with Gasteiger partial charge in [-0.05, 0) is 36.8 Å². The number of hydrogen-bond donors (Lipinski definition) is 1. The van der Waals surface area contributed by atoms with Crippen LogP contribution >= 0.6 is 11.6 Å². The van der Waals surface area contributed by atoms with Gasteiger partial charge in [0.1, 0.15) is 29.9 Å². The van der Waals surface area contributed by atoms with Crippen LogP contribution in [0.4, 0.5) is 5.69 Å². The Hall–Kier alpha value is -4.11. The molecule has 2 aromatic carbocycles. The number of rotatable bonds is 7. The molecule has 0 saturated carbocycles. The number of anilines is 1. The number of pyridine rings is 1. The lowest BCUT2D eigenvalue weighted by molar-refractivity contribution is 0.0986. The number of aliphatic hydroxyl groups is 1. The maximum Gasteiger partial charge on any atom is 0.261 e. The Kier molecular flexibility index (Phi) is 7.70. The first-order valence-corrected chi connectivity index (χ1v) is 10.5. The summed E-state index contributed by atoms with van der Waals surface area (Å²) >= 11 is 6.50. The van der Waals surface area contributed by atoms with Gasteiger partial charge in [0.25, 0.3) is 5.91 Å². The van der Waals surface area contributed by atoms with E-state index in [1.807, 2.05) is 31.2 Å². The predicted octanol–water partition coefficient (Wildman–Crippen LogP) is 4.11. The molecule has 1 N–H and O–H groups in total. The van der Waals surface area contributed by atoms with Crippen LogP contribution < -0.4 is 14.4 Å². The Morgan fingerprint density at radius 3 is 2.65 bits per heavy atom. The highest BCUT2D eigenvalue weighted by atomic mass is 35.5. The Morgan fingerprint density at radius 1 is 1.24 bits per heavy atom. The van der Waals surface area contributed by atoms with E-state index < -0.39 is 5.91 Å². The first-order chi connectivity index (χ1) is 16.4. The van der Waals surface area contributed by atoms with Gasteiger partial charge in [0, 0.05) is 24.4 Å². The van der Waals surface area contributed by atoms with Crippen LogP contribution in [0, 0.1) is 29.6 Å². The molecule has 0 aliphatic rings.